The molecule has 2 saturated carbocycles. The van der Waals surface area contributed by atoms with Crippen LogP contribution in [0.4, 0.5) is 4.79 Å². The maximum absolute atomic E-state index is 14.4. The number of hydrogen-bond donors (Lipinski definition) is 6. The number of aliphatic hydroxyl groups excluding tert-OH is 3. The van der Waals surface area contributed by atoms with Crippen LogP contribution in [0.15, 0.2) is 11.1 Å². The molecule has 2 bridgehead atoms. The number of fused-ring (bicyclic) bond motifs is 5. The number of hydrogen-bond acceptors (Lipinski definition) is 13. The number of amides is 1. The van der Waals surface area contributed by atoms with E-state index in [-0.39, 0.29) is 36.2 Å². The third-order valence-corrected chi connectivity index (χ3v) is 11.1. The standard InChI is InChI=1S/C34H53NO13/c1-15(2)22(35-29(42)46-13-30(5,6)7)24(39)28(41)48-18-12-34(44)27(47-17(4)36)25-32(10,19(37)11-20-33(25,43)14-45-20)26(40)23(38)21(16(18)3)31(34,8)9/h15,18-20,22-25,27,37-39,43-44H,11-14H2,1-10H3,(H,35,42)/t18-,19-,20+,22-,23+,24+,25-,27-,32+,33-,34+/m0/s1. The molecule has 14 nitrogen and oxygen atoms in total. The number of alkyl carbamates (subject to hydrolysis) is 1. The zero-order chi connectivity index (χ0) is 36.5. The minimum Gasteiger partial charge on any atom is -0.459 e. The van der Waals surface area contributed by atoms with Gasteiger partial charge in [0.25, 0.3) is 0 Å². The molecular formula is C34H53NO13. The molecule has 4 aliphatic rings. The second kappa shape index (κ2) is 12.6. The SMILES string of the molecule is CC(=O)O[C@H]1[C@@H]2[C@]3(O)CO[C@@H]3C[C@H](O)[C@@]2(C)C(=O)[C@H](O)C2=C(C)[C@@H](OC(=O)[C@H](O)[C@@H](NC(=O)OCC(C)(C)C)C(C)C)C[C@]1(O)C2(C)C. The molecule has 1 saturated heterocycles. The van der Waals surface area contributed by atoms with E-state index in [1.807, 2.05) is 20.8 Å². The summed E-state index contributed by atoms with van der Waals surface area (Å²) in [7, 11) is 0. The summed E-state index contributed by atoms with van der Waals surface area (Å²) in [5.74, 6) is -4.79. The summed E-state index contributed by atoms with van der Waals surface area (Å²) >= 11 is 0. The lowest BCUT2D eigenvalue weighted by molar-refractivity contribution is -0.345. The summed E-state index contributed by atoms with van der Waals surface area (Å²) < 4.78 is 22.4. The molecule has 3 aliphatic carbocycles. The zero-order valence-corrected chi connectivity index (χ0v) is 29.5. The summed E-state index contributed by atoms with van der Waals surface area (Å²) in [6.07, 6.45) is -10.6. The fraction of sp³-hybridized carbons (Fsp3) is 0.824. The summed E-state index contributed by atoms with van der Waals surface area (Å²) in [4.78, 5) is 53.1. The summed E-state index contributed by atoms with van der Waals surface area (Å²) in [5, 5.41) is 61.6. The van der Waals surface area contributed by atoms with Gasteiger partial charge in [-0.25, -0.2) is 9.59 Å². The minimum absolute atomic E-state index is 0.0131. The Balaban J connectivity index is 1.77. The van der Waals surface area contributed by atoms with Crippen LogP contribution in [0.2, 0.25) is 0 Å². The highest BCUT2D eigenvalue weighted by atomic mass is 16.6. The molecule has 4 rings (SSSR count). The van der Waals surface area contributed by atoms with Crippen LogP contribution in [-0.2, 0) is 33.3 Å². The van der Waals surface area contributed by atoms with E-state index in [9.17, 15) is 44.7 Å². The van der Waals surface area contributed by atoms with Crippen LogP contribution in [-0.4, -0.2) is 116 Å². The smallest absolute Gasteiger partial charge is 0.407 e. The number of carbonyl (C=O) groups is 4. The number of carbonyl (C=O) groups excluding carboxylic acids is 4. The first-order valence-corrected chi connectivity index (χ1v) is 16.5. The molecule has 3 fully saturated rings. The number of ether oxygens (including phenoxy) is 4. The van der Waals surface area contributed by atoms with Crippen molar-refractivity contribution < 1.29 is 63.7 Å². The molecule has 1 amide bonds. The van der Waals surface area contributed by atoms with Crippen LogP contribution < -0.4 is 5.32 Å². The van der Waals surface area contributed by atoms with E-state index in [1.54, 1.807) is 27.7 Å². The number of aliphatic hydroxyl groups is 5. The van der Waals surface area contributed by atoms with Gasteiger partial charge < -0.3 is 49.8 Å². The monoisotopic (exact) mass is 683 g/mol. The number of Topliss-reactive ketones (excluding diaryl/α,β-unsaturated/α-hetero) is 1. The predicted molar refractivity (Wildman–Crippen MR) is 168 cm³/mol. The van der Waals surface area contributed by atoms with Crippen molar-refractivity contribution in [1.82, 2.24) is 5.32 Å². The Morgan fingerprint density at radius 2 is 1.69 bits per heavy atom. The first kappa shape index (κ1) is 38.2. The largest absolute Gasteiger partial charge is 0.459 e. The predicted octanol–water partition coefficient (Wildman–Crippen LogP) is 0.926. The van der Waals surface area contributed by atoms with Crippen molar-refractivity contribution in [3.05, 3.63) is 11.1 Å². The van der Waals surface area contributed by atoms with Crippen molar-refractivity contribution in [3.8, 4) is 0 Å². The fourth-order valence-electron chi connectivity index (χ4n) is 8.22. The lowest BCUT2D eigenvalue weighted by Gasteiger charge is -2.66. The maximum atomic E-state index is 14.4. The molecule has 0 aromatic heterocycles. The van der Waals surface area contributed by atoms with Crippen LogP contribution in [0.25, 0.3) is 0 Å². The Morgan fingerprint density at radius 1 is 1.08 bits per heavy atom. The number of esters is 2. The van der Waals surface area contributed by atoms with Crippen molar-refractivity contribution in [2.75, 3.05) is 13.2 Å². The van der Waals surface area contributed by atoms with Crippen LogP contribution in [0.3, 0.4) is 0 Å². The average Bonchev–Trinajstić information content (AvgIpc) is 2.96. The number of ketones is 1. The second-order valence-electron chi connectivity index (χ2n) is 16.4. The maximum Gasteiger partial charge on any atom is 0.407 e. The van der Waals surface area contributed by atoms with Gasteiger partial charge in [-0.3, -0.25) is 9.59 Å². The molecule has 1 aliphatic heterocycles. The molecule has 0 aromatic rings. The van der Waals surface area contributed by atoms with Crippen molar-refractivity contribution in [2.24, 2.45) is 28.1 Å². The summed E-state index contributed by atoms with van der Waals surface area (Å²) in [6, 6.07) is -1.14. The molecule has 1 heterocycles. The molecule has 14 heteroatoms. The van der Waals surface area contributed by atoms with Crippen LogP contribution in [0, 0.1) is 28.1 Å². The average molecular weight is 684 g/mol. The number of rotatable bonds is 7. The molecule has 48 heavy (non-hydrogen) atoms. The van der Waals surface area contributed by atoms with Gasteiger partial charge in [-0.1, -0.05) is 48.5 Å². The highest BCUT2D eigenvalue weighted by molar-refractivity contribution is 5.93. The van der Waals surface area contributed by atoms with Gasteiger partial charge in [0.2, 0.25) is 0 Å². The lowest BCUT2D eigenvalue weighted by Crippen LogP contribution is -2.81. The van der Waals surface area contributed by atoms with E-state index >= 15 is 0 Å². The summed E-state index contributed by atoms with van der Waals surface area (Å²) in [6.45, 7) is 15.8. The van der Waals surface area contributed by atoms with Crippen molar-refractivity contribution in [2.45, 2.75) is 136 Å². The van der Waals surface area contributed by atoms with Crippen LogP contribution >= 0.6 is 0 Å². The Labute approximate surface area is 281 Å². The van der Waals surface area contributed by atoms with Crippen molar-refractivity contribution >= 4 is 23.8 Å². The first-order valence-electron chi connectivity index (χ1n) is 16.5. The molecule has 6 N–H and O–H groups in total. The van der Waals surface area contributed by atoms with Gasteiger partial charge in [0.05, 0.1) is 36.9 Å². The lowest BCUT2D eigenvalue weighted by atomic mass is 9.45. The Hall–Kier alpha value is -2.62. The Bertz CT molecular complexity index is 1350. The Kier molecular flexibility index (Phi) is 10.0. The molecule has 272 valence electrons. The minimum atomic E-state index is -2.21. The topological polar surface area (TPSA) is 218 Å². The molecule has 11 atom stereocenters. The molecular weight excluding hydrogens is 630 g/mol. The number of nitrogens with one attached hydrogen (secondary N) is 1. The van der Waals surface area contributed by atoms with E-state index in [0.29, 0.717) is 0 Å². The van der Waals surface area contributed by atoms with Gasteiger partial charge in [-0.15, -0.1) is 0 Å². The van der Waals surface area contributed by atoms with Gasteiger partial charge >= 0.3 is 18.0 Å². The van der Waals surface area contributed by atoms with Crippen molar-refractivity contribution in [1.29, 1.82) is 0 Å². The van der Waals surface area contributed by atoms with Gasteiger partial charge in [-0.2, -0.15) is 0 Å². The van der Waals surface area contributed by atoms with Gasteiger partial charge in [0.15, 0.2) is 11.9 Å². The van der Waals surface area contributed by atoms with Crippen LogP contribution in [0.1, 0.15) is 82.1 Å². The van der Waals surface area contributed by atoms with E-state index in [4.69, 9.17) is 18.9 Å². The summed E-state index contributed by atoms with van der Waals surface area (Å²) in [5.41, 5.74) is -7.60. The first-order chi connectivity index (χ1) is 21.8. The zero-order valence-electron chi connectivity index (χ0n) is 29.5. The third-order valence-electron chi connectivity index (χ3n) is 11.1. The van der Waals surface area contributed by atoms with Crippen LogP contribution in [0.5, 0.6) is 0 Å². The highest BCUT2D eigenvalue weighted by Gasteiger charge is 2.76. The Morgan fingerprint density at radius 3 is 2.19 bits per heavy atom. The normalized spacial score (nSPS) is 38.7. The van der Waals surface area contributed by atoms with E-state index in [1.165, 1.54) is 13.8 Å². The van der Waals surface area contributed by atoms with E-state index in [0.717, 1.165) is 6.92 Å². The fourth-order valence-corrected chi connectivity index (χ4v) is 8.22. The van der Waals surface area contributed by atoms with Gasteiger partial charge in [-0.05, 0) is 36.3 Å². The third kappa shape index (κ3) is 6.06. The second-order valence-corrected chi connectivity index (χ2v) is 16.4. The van der Waals surface area contributed by atoms with E-state index in [2.05, 4.69) is 5.32 Å². The molecule has 0 radical (unpaired) electrons. The molecule has 0 aromatic carbocycles. The van der Waals surface area contributed by atoms with Gasteiger partial charge in [0, 0.05) is 31.1 Å². The molecule has 0 unspecified atom stereocenters. The van der Waals surface area contributed by atoms with Crippen molar-refractivity contribution in [3.63, 3.8) is 0 Å². The van der Waals surface area contributed by atoms with Gasteiger partial charge in [0.1, 0.15) is 29.5 Å². The van der Waals surface area contributed by atoms with E-state index < -0.39 is 107 Å². The highest BCUT2D eigenvalue weighted by Crippen LogP contribution is 2.63. The quantitative estimate of drug-likeness (QED) is 0.125. The molecule has 0 spiro atoms.